The van der Waals surface area contributed by atoms with Gasteiger partial charge in [0.05, 0.1) is 20.2 Å². The molecule has 508 valence electrons. The van der Waals surface area contributed by atoms with E-state index in [1.165, 1.54) is 67.6 Å². The molecule has 1 saturated heterocycles. The number of benzene rings is 4. The Hall–Kier alpha value is -7.72. The topological polar surface area (TPSA) is 228 Å². The number of guanidine groups is 4. The molecule has 0 N–H and O–H groups in total. The van der Waals surface area contributed by atoms with Gasteiger partial charge in [0.1, 0.15) is 41.5 Å². The number of aliphatic imine (C=N–C) groups is 4. The van der Waals surface area contributed by atoms with E-state index in [9.17, 15) is 0 Å². The predicted molar refractivity (Wildman–Crippen MR) is 408 cm³/mol. The van der Waals surface area contributed by atoms with Crippen LogP contribution >= 0.6 is 92.4 Å². The van der Waals surface area contributed by atoms with E-state index in [4.69, 9.17) is 40.4 Å². The lowest BCUT2D eigenvalue weighted by atomic mass is 10.1. The molecule has 32 heteroatoms. The van der Waals surface area contributed by atoms with Crippen molar-refractivity contribution in [3.8, 4) is 0 Å². The number of hydrazone groups is 4. The van der Waals surface area contributed by atoms with Crippen molar-refractivity contribution < 1.29 is 0 Å². The summed E-state index contributed by atoms with van der Waals surface area (Å²) in [6.07, 6.45) is 1.22. The molecule has 0 saturated carbocycles. The average Bonchev–Trinajstić information content (AvgIpc) is 1.61. The molecule has 8 aromatic rings. The molecule has 0 bridgehead atoms. The monoisotopic (exact) mass is 1460 g/mol. The van der Waals surface area contributed by atoms with Crippen LogP contribution in [0.15, 0.2) is 137 Å². The lowest BCUT2D eigenvalue weighted by Crippen LogP contribution is -2.52. The van der Waals surface area contributed by atoms with Crippen molar-refractivity contribution >= 4 is 157 Å². The van der Waals surface area contributed by atoms with Crippen LogP contribution in [0, 0.1) is 55.4 Å². The quantitative estimate of drug-likeness (QED) is 0.102. The number of hydrogen-bond donors (Lipinski definition) is 0. The summed E-state index contributed by atoms with van der Waals surface area (Å²) < 4.78 is 0. The van der Waals surface area contributed by atoms with E-state index < -0.39 is 0 Å². The molecule has 4 aromatic carbocycles. The van der Waals surface area contributed by atoms with Crippen molar-refractivity contribution in [1.82, 2.24) is 80.4 Å². The highest BCUT2D eigenvalue weighted by atomic mass is 32.2. The van der Waals surface area contributed by atoms with Crippen LogP contribution in [0.25, 0.3) is 0 Å². The highest BCUT2D eigenvalue weighted by molar-refractivity contribution is 8.15. The maximum Gasteiger partial charge on any atom is 0.234 e. The molecular formula is C66H76N24S8. The molecule has 1 fully saturated rings. The van der Waals surface area contributed by atoms with E-state index in [-0.39, 0.29) is 21.5 Å². The van der Waals surface area contributed by atoms with E-state index in [2.05, 4.69) is 233 Å². The van der Waals surface area contributed by atoms with Gasteiger partial charge >= 0.3 is 0 Å². The number of nitrogens with zero attached hydrogens (tertiary/aromatic N) is 24. The minimum Gasteiger partial charge on any atom is -0.339 e. The Bertz CT molecular complexity index is 3830. The molecule has 4 atom stereocenters. The molecule has 0 amide bonds. The summed E-state index contributed by atoms with van der Waals surface area (Å²) in [4.78, 5) is 31.7. The minimum absolute atomic E-state index is 0.240. The number of thioether (sulfide) groups is 4. The zero-order valence-electron chi connectivity index (χ0n) is 56.6. The SMILES string of the molecule is CC1=NN(/C(=N\c2nnc(C)s2)N2CCCN(/C(=N/c3nnc(C)s3)N3N=C(C)S[C@@H]3c3ccc(C)cc3)CCN(/C(=N/c3nnc(C)s3)N3N=C(C)S[C@@H]3c3ccc(C)cc3)CCCN(/C(=N/c3nnc(C)s3)N3N=C(C)S[C@@H]3c3ccc(C)cc3)CC2)[C@@H](c2ccc(C)cc2)S1. The van der Waals surface area contributed by atoms with Crippen molar-refractivity contribution in [2.45, 2.75) is 117 Å². The van der Waals surface area contributed by atoms with E-state index in [1.54, 1.807) is 47.0 Å². The van der Waals surface area contributed by atoms with Crippen LogP contribution in [-0.4, -0.2) is 177 Å². The van der Waals surface area contributed by atoms with E-state index in [0.717, 1.165) is 62.5 Å². The highest BCUT2D eigenvalue weighted by Gasteiger charge is 2.40. The van der Waals surface area contributed by atoms with Crippen LogP contribution in [0.2, 0.25) is 0 Å². The standard InChI is InChI=1S/C66H76N24S8/c1-39-15-23-51(24-16-39)55-87(79-47(9)91-55)63(67-59-75-71-43(5)95-59)83-31-13-32-85(65(69-61-77-73-45(7)97-61)89-57(93-49(11)81-89)53-27-19-41(3)20-28-53)37-38-86(66(70-62-78-74-46(8)98-62)90-58(94-50(12)82-90)54-29-21-42(4)22-30-54)34-14-33-84(36-35-83)64(68-60-76-72-44(6)96-60)88-56(92-48(10)80-88)52-25-17-40(2)18-26-52/h15-30,55-58H,13-14,31-38H2,1-12H3/b67-63-,68-64-,69-65-,70-66-/t55-,56-,57-,58-/m1/s1. The van der Waals surface area contributed by atoms with E-state index in [1.807, 2.05) is 27.7 Å². The Balaban J connectivity index is 0.986. The van der Waals surface area contributed by atoms with Gasteiger partial charge in [0.25, 0.3) is 0 Å². The third-order valence-electron chi connectivity index (χ3n) is 16.2. The first-order chi connectivity index (χ1) is 47.4. The molecule has 13 rings (SSSR count). The summed E-state index contributed by atoms with van der Waals surface area (Å²) in [5.41, 5.74) is 9.09. The normalized spacial score (nSPS) is 20.6. The summed E-state index contributed by atoms with van der Waals surface area (Å²) in [6.45, 7) is 28.4. The van der Waals surface area contributed by atoms with Crippen molar-refractivity contribution in [2.75, 3.05) is 52.4 Å². The second-order valence-corrected chi connectivity index (χ2v) is 33.8. The first kappa shape index (κ1) is 68.8. The van der Waals surface area contributed by atoms with Crippen LogP contribution < -0.4 is 0 Å². The lowest BCUT2D eigenvalue weighted by Gasteiger charge is -2.39. The van der Waals surface area contributed by atoms with Crippen LogP contribution in [0.4, 0.5) is 20.5 Å². The first-order valence-corrected chi connectivity index (χ1v) is 39.0. The maximum absolute atomic E-state index is 5.54. The fourth-order valence-electron chi connectivity index (χ4n) is 11.5. The van der Waals surface area contributed by atoms with Gasteiger partial charge in [-0.2, -0.15) is 40.4 Å². The van der Waals surface area contributed by atoms with Gasteiger partial charge in [-0.05, 0) is 118 Å². The van der Waals surface area contributed by atoms with Gasteiger partial charge in [0.2, 0.25) is 44.4 Å². The third kappa shape index (κ3) is 16.4. The maximum atomic E-state index is 5.54. The molecule has 0 aliphatic carbocycles. The molecule has 9 heterocycles. The smallest absolute Gasteiger partial charge is 0.234 e. The van der Waals surface area contributed by atoms with Crippen LogP contribution in [-0.2, 0) is 0 Å². The molecule has 4 aromatic heterocycles. The molecule has 0 unspecified atom stereocenters. The second kappa shape index (κ2) is 30.8. The second-order valence-electron chi connectivity index (χ2n) is 24.1. The third-order valence-corrected chi connectivity index (χ3v) is 23.7. The van der Waals surface area contributed by atoms with E-state index in [0.29, 0.717) is 110 Å². The van der Waals surface area contributed by atoms with Gasteiger partial charge in [-0.1, -0.05) is 212 Å². The Morgan fingerprint density at radius 3 is 0.673 bits per heavy atom. The van der Waals surface area contributed by atoms with Gasteiger partial charge in [-0.25, -0.2) is 20.0 Å². The average molecular weight is 1460 g/mol. The number of aryl methyl sites for hydroxylation is 8. The van der Waals surface area contributed by atoms with Gasteiger partial charge in [0, 0.05) is 52.4 Å². The van der Waals surface area contributed by atoms with Gasteiger partial charge in [-0.3, -0.25) is 0 Å². The Labute approximate surface area is 604 Å². The van der Waals surface area contributed by atoms with Crippen molar-refractivity contribution in [1.29, 1.82) is 0 Å². The van der Waals surface area contributed by atoms with Crippen LogP contribution in [0.5, 0.6) is 0 Å². The molecule has 5 aliphatic heterocycles. The largest absolute Gasteiger partial charge is 0.339 e. The predicted octanol–water partition coefficient (Wildman–Crippen LogP) is 14.9. The molecular weight excluding hydrogens is 1390 g/mol. The van der Waals surface area contributed by atoms with Crippen molar-refractivity contribution in [2.24, 2.45) is 40.4 Å². The molecule has 0 spiro atoms. The zero-order valence-corrected chi connectivity index (χ0v) is 63.1. The van der Waals surface area contributed by atoms with Gasteiger partial charge in [-0.15, -0.1) is 40.8 Å². The molecule has 0 radical (unpaired) electrons. The molecule has 24 nitrogen and oxygen atoms in total. The fourth-order valence-corrected chi connectivity index (χ4v) is 17.7. The number of rotatable bonds is 8. The Morgan fingerprint density at radius 1 is 0.286 bits per heavy atom. The first-order valence-electron chi connectivity index (χ1n) is 32.3. The van der Waals surface area contributed by atoms with Gasteiger partial charge < -0.3 is 19.6 Å². The minimum atomic E-state index is -0.240. The van der Waals surface area contributed by atoms with Crippen molar-refractivity contribution in [3.63, 3.8) is 0 Å². The number of hydrogen-bond acceptors (Lipinski definition) is 24. The fraction of sp³-hybridized carbons (Fsp3) is 0.394. The van der Waals surface area contributed by atoms with Crippen molar-refractivity contribution in [3.05, 3.63) is 162 Å². The summed E-state index contributed by atoms with van der Waals surface area (Å²) in [6, 6.07) is 34.9. The lowest BCUT2D eigenvalue weighted by molar-refractivity contribution is 0.228. The van der Waals surface area contributed by atoms with Crippen LogP contribution in [0.1, 0.15) is 127 Å². The Morgan fingerprint density at radius 2 is 0.490 bits per heavy atom. The summed E-state index contributed by atoms with van der Waals surface area (Å²) in [7, 11) is 0. The van der Waals surface area contributed by atoms with E-state index >= 15 is 0 Å². The summed E-state index contributed by atoms with van der Waals surface area (Å²) in [5, 5.41) is 74.5. The Kier molecular flexibility index (Phi) is 21.6. The number of aromatic nitrogens is 8. The van der Waals surface area contributed by atoms with Crippen LogP contribution in [0.3, 0.4) is 0 Å². The molecule has 5 aliphatic rings. The molecule has 98 heavy (non-hydrogen) atoms. The highest BCUT2D eigenvalue weighted by Crippen LogP contribution is 2.45. The summed E-state index contributed by atoms with van der Waals surface area (Å²) >= 11 is 12.6. The van der Waals surface area contributed by atoms with Gasteiger partial charge in [0.15, 0.2) is 0 Å². The zero-order chi connectivity index (χ0) is 68.1. The summed E-state index contributed by atoms with van der Waals surface area (Å²) in [5.74, 6) is 2.58.